The molecule has 0 spiro atoms. The second kappa shape index (κ2) is 5.32. The summed E-state index contributed by atoms with van der Waals surface area (Å²) in [4.78, 5) is 18.4. The van der Waals surface area contributed by atoms with E-state index in [9.17, 15) is 4.79 Å². The summed E-state index contributed by atoms with van der Waals surface area (Å²) in [5.41, 5.74) is 4.47. The number of aromatic nitrogens is 1. The quantitative estimate of drug-likeness (QED) is 0.591. The average Bonchev–Trinajstić information content (AvgIpc) is 2.38. The molecule has 0 aliphatic carbocycles. The van der Waals surface area contributed by atoms with Crippen molar-refractivity contribution in [2.45, 2.75) is 19.9 Å². The van der Waals surface area contributed by atoms with E-state index in [0.717, 1.165) is 5.69 Å². The fourth-order valence-electron chi connectivity index (χ4n) is 2.03. The van der Waals surface area contributed by atoms with Crippen LogP contribution >= 0.6 is 0 Å². The zero-order valence-electron chi connectivity index (χ0n) is 10.6. The smallest absolute Gasteiger partial charge is 0.257 e. The number of hydrazine groups is 1. The van der Waals surface area contributed by atoms with Crippen molar-refractivity contribution in [3.8, 4) is 0 Å². The van der Waals surface area contributed by atoms with E-state index < -0.39 is 0 Å². The first kappa shape index (κ1) is 12.8. The third-order valence-electron chi connectivity index (χ3n) is 3.06. The summed E-state index contributed by atoms with van der Waals surface area (Å²) in [6.07, 6.45) is 1.56. The summed E-state index contributed by atoms with van der Waals surface area (Å²) in [7, 11) is 0. The molecule has 6 heteroatoms. The molecular formula is C12H18N4O2. The van der Waals surface area contributed by atoms with Gasteiger partial charge in [0.2, 0.25) is 0 Å². The van der Waals surface area contributed by atoms with E-state index in [1.807, 2.05) is 13.8 Å². The minimum Gasteiger partial charge on any atom is -0.377 e. The van der Waals surface area contributed by atoms with Gasteiger partial charge in [-0.3, -0.25) is 15.6 Å². The SMILES string of the molecule is Cc1cc(NN)c(C(=O)N2CCOCC2C)cn1. The normalized spacial score (nSPS) is 19.7. The Balaban J connectivity index is 2.27. The van der Waals surface area contributed by atoms with E-state index >= 15 is 0 Å². The Kier molecular flexibility index (Phi) is 3.78. The number of nitrogen functional groups attached to an aromatic ring is 1. The molecular weight excluding hydrogens is 232 g/mol. The molecule has 1 aromatic heterocycles. The molecule has 98 valence electrons. The highest BCUT2D eigenvalue weighted by atomic mass is 16.5. The van der Waals surface area contributed by atoms with Gasteiger partial charge in [-0.2, -0.15) is 0 Å². The molecule has 0 aromatic carbocycles. The number of hydrogen-bond donors (Lipinski definition) is 2. The fraction of sp³-hybridized carbons (Fsp3) is 0.500. The highest BCUT2D eigenvalue weighted by molar-refractivity contribution is 5.99. The number of morpholine rings is 1. The molecule has 1 unspecified atom stereocenters. The Labute approximate surface area is 106 Å². The Bertz CT molecular complexity index is 450. The van der Waals surface area contributed by atoms with Crippen molar-refractivity contribution in [1.82, 2.24) is 9.88 Å². The first-order valence-electron chi connectivity index (χ1n) is 5.95. The van der Waals surface area contributed by atoms with Crippen LogP contribution in [0.15, 0.2) is 12.3 Å². The summed E-state index contributed by atoms with van der Waals surface area (Å²) < 4.78 is 5.32. The van der Waals surface area contributed by atoms with Crippen molar-refractivity contribution in [3.63, 3.8) is 0 Å². The van der Waals surface area contributed by atoms with Crippen molar-refractivity contribution in [2.24, 2.45) is 5.84 Å². The Morgan fingerprint density at radius 1 is 1.67 bits per heavy atom. The summed E-state index contributed by atoms with van der Waals surface area (Å²) in [6.45, 7) is 5.55. The van der Waals surface area contributed by atoms with Crippen LogP contribution in [-0.2, 0) is 4.74 Å². The van der Waals surface area contributed by atoms with Gasteiger partial charge in [-0.05, 0) is 19.9 Å². The van der Waals surface area contributed by atoms with E-state index in [0.29, 0.717) is 31.0 Å². The largest absolute Gasteiger partial charge is 0.377 e. The number of amides is 1. The minimum atomic E-state index is -0.0637. The molecule has 3 N–H and O–H groups in total. The molecule has 0 saturated carbocycles. The van der Waals surface area contributed by atoms with Crippen LogP contribution in [-0.4, -0.2) is 41.6 Å². The number of hydrogen-bond acceptors (Lipinski definition) is 5. The predicted molar refractivity (Wildman–Crippen MR) is 68.1 cm³/mol. The topological polar surface area (TPSA) is 80.5 Å². The van der Waals surface area contributed by atoms with E-state index in [-0.39, 0.29) is 11.9 Å². The average molecular weight is 250 g/mol. The predicted octanol–water partition coefficient (Wildman–Crippen LogP) is 0.537. The zero-order valence-corrected chi connectivity index (χ0v) is 10.6. The summed E-state index contributed by atoms with van der Waals surface area (Å²) in [5.74, 6) is 5.38. The number of pyridine rings is 1. The number of carbonyl (C=O) groups excluding carboxylic acids is 1. The van der Waals surface area contributed by atoms with Crippen LogP contribution in [0, 0.1) is 6.92 Å². The monoisotopic (exact) mass is 250 g/mol. The lowest BCUT2D eigenvalue weighted by Crippen LogP contribution is -2.47. The van der Waals surface area contributed by atoms with Gasteiger partial charge in [-0.25, -0.2) is 0 Å². The number of anilines is 1. The highest BCUT2D eigenvalue weighted by Gasteiger charge is 2.26. The molecule has 1 aliphatic heterocycles. The first-order valence-corrected chi connectivity index (χ1v) is 5.95. The second-order valence-electron chi connectivity index (χ2n) is 4.44. The van der Waals surface area contributed by atoms with E-state index in [2.05, 4.69) is 10.4 Å². The Morgan fingerprint density at radius 3 is 3.11 bits per heavy atom. The molecule has 0 bridgehead atoms. The molecule has 2 rings (SSSR count). The van der Waals surface area contributed by atoms with Gasteiger partial charge in [0.05, 0.1) is 30.5 Å². The van der Waals surface area contributed by atoms with Crippen LogP contribution in [0.2, 0.25) is 0 Å². The van der Waals surface area contributed by atoms with E-state index in [1.54, 1.807) is 17.2 Å². The molecule has 2 heterocycles. The number of nitrogens with one attached hydrogen (secondary N) is 1. The maximum Gasteiger partial charge on any atom is 0.257 e. The third-order valence-corrected chi connectivity index (χ3v) is 3.06. The summed E-state index contributed by atoms with van der Waals surface area (Å²) in [5, 5.41) is 0. The molecule has 1 fully saturated rings. The van der Waals surface area contributed by atoms with Crippen molar-refractivity contribution >= 4 is 11.6 Å². The van der Waals surface area contributed by atoms with Gasteiger partial charge >= 0.3 is 0 Å². The number of rotatable bonds is 2. The van der Waals surface area contributed by atoms with Crippen LogP contribution in [0.3, 0.4) is 0 Å². The molecule has 1 aliphatic rings. The molecule has 1 amide bonds. The third kappa shape index (κ3) is 2.44. The lowest BCUT2D eigenvalue weighted by atomic mass is 10.1. The van der Waals surface area contributed by atoms with Gasteiger partial charge < -0.3 is 15.1 Å². The Hall–Kier alpha value is -1.66. The van der Waals surface area contributed by atoms with Gasteiger partial charge in [0.15, 0.2) is 0 Å². The van der Waals surface area contributed by atoms with Crippen molar-refractivity contribution in [1.29, 1.82) is 0 Å². The van der Waals surface area contributed by atoms with Gasteiger partial charge in [0.25, 0.3) is 5.91 Å². The lowest BCUT2D eigenvalue weighted by molar-refractivity contribution is 0.00362. The number of nitrogens with zero attached hydrogens (tertiary/aromatic N) is 2. The van der Waals surface area contributed by atoms with E-state index in [1.165, 1.54) is 0 Å². The minimum absolute atomic E-state index is 0.0637. The number of aryl methyl sites for hydroxylation is 1. The first-order chi connectivity index (χ1) is 8.63. The lowest BCUT2D eigenvalue weighted by Gasteiger charge is -2.33. The zero-order chi connectivity index (χ0) is 13.1. The number of ether oxygens (including phenoxy) is 1. The van der Waals surface area contributed by atoms with Crippen LogP contribution in [0.5, 0.6) is 0 Å². The maximum atomic E-state index is 12.4. The van der Waals surface area contributed by atoms with Crippen LogP contribution in [0.1, 0.15) is 23.0 Å². The molecule has 1 aromatic rings. The number of carbonyl (C=O) groups is 1. The molecule has 18 heavy (non-hydrogen) atoms. The summed E-state index contributed by atoms with van der Waals surface area (Å²) >= 11 is 0. The molecule has 0 radical (unpaired) electrons. The van der Waals surface area contributed by atoms with Crippen molar-refractivity contribution in [2.75, 3.05) is 25.2 Å². The Morgan fingerprint density at radius 2 is 2.44 bits per heavy atom. The van der Waals surface area contributed by atoms with Gasteiger partial charge in [-0.1, -0.05) is 0 Å². The molecule has 1 saturated heterocycles. The summed E-state index contributed by atoms with van der Waals surface area (Å²) in [6, 6.07) is 1.83. The maximum absolute atomic E-state index is 12.4. The second-order valence-corrected chi connectivity index (χ2v) is 4.44. The van der Waals surface area contributed by atoms with Crippen molar-refractivity contribution in [3.05, 3.63) is 23.5 Å². The highest BCUT2D eigenvalue weighted by Crippen LogP contribution is 2.19. The standard InChI is InChI=1S/C12H18N4O2/c1-8-5-11(15-13)10(6-14-8)12(17)16-3-4-18-7-9(16)2/h5-6,9H,3-4,7,13H2,1-2H3,(H,14,15). The van der Waals surface area contributed by atoms with Crippen molar-refractivity contribution < 1.29 is 9.53 Å². The van der Waals surface area contributed by atoms with Crippen LogP contribution in [0.4, 0.5) is 5.69 Å². The van der Waals surface area contributed by atoms with Crippen LogP contribution < -0.4 is 11.3 Å². The van der Waals surface area contributed by atoms with Crippen LogP contribution in [0.25, 0.3) is 0 Å². The van der Waals surface area contributed by atoms with Gasteiger partial charge in [0, 0.05) is 18.4 Å². The molecule has 6 nitrogen and oxygen atoms in total. The number of nitrogens with two attached hydrogens (primary N) is 1. The van der Waals surface area contributed by atoms with E-state index in [4.69, 9.17) is 10.6 Å². The fourth-order valence-corrected chi connectivity index (χ4v) is 2.03. The van der Waals surface area contributed by atoms with Gasteiger partial charge in [0.1, 0.15) is 0 Å². The van der Waals surface area contributed by atoms with Gasteiger partial charge in [-0.15, -0.1) is 0 Å². The molecule has 1 atom stereocenters.